The van der Waals surface area contributed by atoms with Crippen molar-refractivity contribution in [1.82, 2.24) is 14.9 Å². The van der Waals surface area contributed by atoms with Gasteiger partial charge >= 0.3 is 0 Å². The summed E-state index contributed by atoms with van der Waals surface area (Å²) < 4.78 is 1.98. The Morgan fingerprint density at radius 2 is 1.96 bits per heavy atom. The Labute approximate surface area is 155 Å². The maximum absolute atomic E-state index is 12.3. The van der Waals surface area contributed by atoms with E-state index in [0.29, 0.717) is 10.1 Å². The summed E-state index contributed by atoms with van der Waals surface area (Å²) in [6.07, 6.45) is 2.80. The number of thioether (sulfide) groups is 1. The average Bonchev–Trinajstić information content (AvgIpc) is 3.16. The van der Waals surface area contributed by atoms with Gasteiger partial charge in [0.1, 0.15) is 5.82 Å². The fourth-order valence-corrected chi connectivity index (χ4v) is 3.63. The van der Waals surface area contributed by atoms with Crippen LogP contribution in [0, 0.1) is 0 Å². The molecule has 0 bridgehead atoms. The Morgan fingerprint density at radius 1 is 1.19 bits per heavy atom. The first-order chi connectivity index (χ1) is 12.6. The number of hydrogen-bond acceptors (Lipinski definition) is 4. The van der Waals surface area contributed by atoms with Crippen molar-refractivity contribution in [3.8, 4) is 0 Å². The number of amidine groups is 1. The van der Waals surface area contributed by atoms with Crippen molar-refractivity contribution in [2.45, 2.75) is 13.3 Å². The van der Waals surface area contributed by atoms with Gasteiger partial charge in [-0.1, -0.05) is 31.2 Å². The molecule has 26 heavy (non-hydrogen) atoms. The highest BCUT2D eigenvalue weighted by atomic mass is 32.2. The van der Waals surface area contributed by atoms with Crippen molar-refractivity contribution in [2.75, 3.05) is 0 Å². The predicted molar refractivity (Wildman–Crippen MR) is 107 cm³/mol. The second-order valence-electron chi connectivity index (χ2n) is 6.02. The molecule has 1 aliphatic heterocycles. The van der Waals surface area contributed by atoms with Crippen LogP contribution in [0.5, 0.6) is 0 Å². The summed E-state index contributed by atoms with van der Waals surface area (Å²) in [4.78, 5) is 22.0. The summed E-state index contributed by atoms with van der Waals surface area (Å²) >= 11 is 1.33. The van der Waals surface area contributed by atoms with E-state index < -0.39 is 0 Å². The highest BCUT2D eigenvalue weighted by Gasteiger charge is 2.24. The fourth-order valence-electron chi connectivity index (χ4n) is 2.81. The third-order valence-corrected chi connectivity index (χ3v) is 5.22. The molecule has 2 heterocycles. The molecule has 6 heteroatoms. The minimum Gasteiger partial charge on any atom is -0.328 e. The zero-order chi connectivity index (χ0) is 18.1. The molecule has 1 amide bonds. The third-order valence-electron chi connectivity index (χ3n) is 4.31. The van der Waals surface area contributed by atoms with Crippen molar-refractivity contribution in [3.05, 3.63) is 64.8 Å². The van der Waals surface area contributed by atoms with Crippen LogP contribution >= 0.6 is 11.8 Å². The van der Waals surface area contributed by atoms with Crippen LogP contribution in [-0.4, -0.2) is 20.6 Å². The molecule has 0 radical (unpaired) electrons. The van der Waals surface area contributed by atoms with Crippen molar-refractivity contribution in [3.63, 3.8) is 0 Å². The van der Waals surface area contributed by atoms with Gasteiger partial charge in [-0.15, -0.1) is 0 Å². The molecule has 0 unspecified atom stereocenters. The van der Waals surface area contributed by atoms with Crippen molar-refractivity contribution < 1.29 is 4.79 Å². The standard InChI is InChI=1S/C20H18N4OS/c1-3-13-8-10-14(11-9-13)21-20-23-19(25)17(26-20)12-18-22-15-6-4-5-7-16(15)24(18)2/h4-12H,3H2,1-2H3,(H,21,23,25)/b17-12+. The lowest BCUT2D eigenvalue weighted by molar-refractivity contribution is -0.115. The normalized spacial score (nSPS) is 17.4. The lowest BCUT2D eigenvalue weighted by Crippen LogP contribution is -2.19. The number of rotatable bonds is 3. The molecule has 0 spiro atoms. The van der Waals surface area contributed by atoms with Crippen LogP contribution in [0.3, 0.4) is 0 Å². The van der Waals surface area contributed by atoms with E-state index in [1.807, 2.05) is 54.1 Å². The van der Waals surface area contributed by atoms with Gasteiger partial charge in [0.05, 0.1) is 21.6 Å². The molecule has 1 fully saturated rings. The number of benzene rings is 2. The lowest BCUT2D eigenvalue weighted by atomic mass is 10.2. The number of aryl methyl sites for hydroxylation is 2. The highest BCUT2D eigenvalue weighted by molar-refractivity contribution is 8.18. The lowest BCUT2D eigenvalue weighted by Gasteiger charge is -1.98. The van der Waals surface area contributed by atoms with Crippen LogP contribution in [0.15, 0.2) is 58.4 Å². The summed E-state index contributed by atoms with van der Waals surface area (Å²) in [5, 5.41) is 3.41. The first-order valence-corrected chi connectivity index (χ1v) is 9.25. The molecule has 3 aromatic rings. The molecule has 5 nitrogen and oxygen atoms in total. The molecular formula is C20H18N4OS. The maximum atomic E-state index is 12.3. The van der Waals surface area contributed by atoms with E-state index in [9.17, 15) is 4.79 Å². The Balaban J connectivity index is 1.61. The van der Waals surface area contributed by atoms with Crippen LogP contribution < -0.4 is 5.32 Å². The quantitative estimate of drug-likeness (QED) is 0.716. The molecule has 0 aliphatic carbocycles. The number of nitrogens with zero attached hydrogens (tertiary/aromatic N) is 3. The number of carbonyl (C=O) groups excluding carboxylic acids is 1. The monoisotopic (exact) mass is 362 g/mol. The van der Waals surface area contributed by atoms with E-state index in [1.165, 1.54) is 17.3 Å². The topological polar surface area (TPSA) is 59.3 Å². The van der Waals surface area contributed by atoms with E-state index in [1.54, 1.807) is 0 Å². The smallest absolute Gasteiger partial charge is 0.264 e. The van der Waals surface area contributed by atoms with Crippen molar-refractivity contribution in [2.24, 2.45) is 12.0 Å². The molecule has 1 aliphatic rings. The number of para-hydroxylation sites is 2. The van der Waals surface area contributed by atoms with E-state index >= 15 is 0 Å². The predicted octanol–water partition coefficient (Wildman–Crippen LogP) is 4.03. The van der Waals surface area contributed by atoms with Gasteiger partial charge in [0, 0.05) is 13.1 Å². The average molecular weight is 362 g/mol. The molecular weight excluding hydrogens is 344 g/mol. The van der Waals surface area contributed by atoms with E-state index in [4.69, 9.17) is 0 Å². The maximum Gasteiger partial charge on any atom is 0.264 e. The van der Waals surface area contributed by atoms with Gasteiger partial charge in [0.25, 0.3) is 5.91 Å². The zero-order valence-electron chi connectivity index (χ0n) is 14.6. The first-order valence-electron chi connectivity index (χ1n) is 8.44. The first kappa shape index (κ1) is 16.6. The van der Waals surface area contributed by atoms with Gasteiger partial charge in [0.2, 0.25) is 0 Å². The number of imidazole rings is 1. The fraction of sp³-hybridized carbons (Fsp3) is 0.150. The van der Waals surface area contributed by atoms with Gasteiger partial charge in [-0.3, -0.25) is 4.79 Å². The summed E-state index contributed by atoms with van der Waals surface area (Å²) in [7, 11) is 1.95. The molecule has 1 aromatic heterocycles. The van der Waals surface area contributed by atoms with Crippen molar-refractivity contribution in [1.29, 1.82) is 0 Å². The van der Waals surface area contributed by atoms with Crippen LogP contribution in [0.25, 0.3) is 17.1 Å². The number of aliphatic imine (C=N–C) groups is 1. The van der Waals surface area contributed by atoms with Crippen LogP contribution in [0.4, 0.5) is 5.69 Å². The number of aromatic nitrogens is 2. The largest absolute Gasteiger partial charge is 0.328 e. The Morgan fingerprint density at radius 3 is 2.69 bits per heavy atom. The summed E-state index contributed by atoms with van der Waals surface area (Å²) in [5.41, 5.74) is 4.04. The molecule has 2 aromatic carbocycles. The van der Waals surface area contributed by atoms with Crippen LogP contribution in [0.1, 0.15) is 18.3 Å². The van der Waals surface area contributed by atoms with Gasteiger partial charge in [-0.05, 0) is 48.0 Å². The van der Waals surface area contributed by atoms with Gasteiger partial charge < -0.3 is 9.88 Å². The number of carbonyl (C=O) groups is 1. The third kappa shape index (κ3) is 3.15. The minimum absolute atomic E-state index is 0.147. The van der Waals surface area contributed by atoms with E-state index in [-0.39, 0.29) is 5.91 Å². The van der Waals surface area contributed by atoms with Crippen LogP contribution in [-0.2, 0) is 18.3 Å². The van der Waals surface area contributed by atoms with Crippen LogP contribution in [0.2, 0.25) is 0 Å². The van der Waals surface area contributed by atoms with Gasteiger partial charge in [-0.2, -0.15) is 0 Å². The number of fused-ring (bicyclic) bond motifs is 1. The van der Waals surface area contributed by atoms with Crippen molar-refractivity contribution >= 4 is 45.6 Å². The second-order valence-corrected chi connectivity index (χ2v) is 7.05. The second kappa shape index (κ2) is 6.80. The Kier molecular flexibility index (Phi) is 4.34. The van der Waals surface area contributed by atoms with Gasteiger partial charge in [0.15, 0.2) is 5.17 Å². The molecule has 4 rings (SSSR count). The van der Waals surface area contributed by atoms with E-state index in [2.05, 4.69) is 34.3 Å². The summed E-state index contributed by atoms with van der Waals surface area (Å²) in [5.74, 6) is 0.600. The minimum atomic E-state index is -0.147. The highest BCUT2D eigenvalue weighted by Crippen LogP contribution is 2.28. The number of hydrogen-bond donors (Lipinski definition) is 1. The van der Waals surface area contributed by atoms with E-state index in [0.717, 1.165) is 29.0 Å². The summed E-state index contributed by atoms with van der Waals surface area (Å²) in [6, 6.07) is 15.9. The molecule has 0 saturated carbocycles. The summed E-state index contributed by atoms with van der Waals surface area (Å²) in [6.45, 7) is 2.12. The molecule has 0 atom stereocenters. The zero-order valence-corrected chi connectivity index (χ0v) is 15.4. The molecule has 130 valence electrons. The number of amides is 1. The Hall–Kier alpha value is -2.86. The molecule has 1 saturated heterocycles. The number of nitrogens with one attached hydrogen (secondary N) is 1. The molecule has 1 N–H and O–H groups in total. The van der Waals surface area contributed by atoms with Gasteiger partial charge in [-0.25, -0.2) is 9.98 Å². The Bertz CT molecular complexity index is 1050. The SMILES string of the molecule is CCc1ccc(N=C2NC(=O)/C(=C\c3nc4ccccc4n3C)S2)cc1.